The fourth-order valence-corrected chi connectivity index (χ4v) is 3.92. The molecule has 27 heavy (non-hydrogen) atoms. The van der Waals surface area contributed by atoms with Crippen molar-refractivity contribution in [1.82, 2.24) is 5.16 Å². The maximum absolute atomic E-state index is 12.5. The molecule has 0 aliphatic heterocycles. The fourth-order valence-electron chi connectivity index (χ4n) is 2.35. The van der Waals surface area contributed by atoms with E-state index in [4.69, 9.17) is 8.95 Å². The number of rotatable bonds is 7. The summed E-state index contributed by atoms with van der Waals surface area (Å²) < 4.78 is 49.0. The summed E-state index contributed by atoms with van der Waals surface area (Å²) in [6.45, 7) is 12.4. The van der Waals surface area contributed by atoms with E-state index in [0.29, 0.717) is 5.76 Å². The van der Waals surface area contributed by atoms with E-state index in [-0.39, 0.29) is 23.3 Å². The van der Waals surface area contributed by atoms with Crippen LogP contribution >= 0.6 is 0 Å². The molecule has 1 aromatic heterocycles. The minimum atomic E-state index is -4.43. The van der Waals surface area contributed by atoms with Gasteiger partial charge in [-0.3, -0.25) is 0 Å². The molecular weight excluding hydrogens is 375 g/mol. The first kappa shape index (κ1) is 23.2. The van der Waals surface area contributed by atoms with Gasteiger partial charge >= 0.3 is 159 Å². The molecule has 1 aromatic rings. The zero-order valence-electron chi connectivity index (χ0n) is 16.6. The summed E-state index contributed by atoms with van der Waals surface area (Å²) in [6, 6.07) is 4.99. The Balaban J connectivity index is 2.92. The van der Waals surface area contributed by atoms with Crippen molar-refractivity contribution in [3.8, 4) is 12.1 Å². The van der Waals surface area contributed by atoms with Gasteiger partial charge in [0, 0.05) is 0 Å². The van der Waals surface area contributed by atoms with Crippen molar-refractivity contribution < 1.29 is 22.1 Å². The molecule has 9 heteroatoms. The van der Waals surface area contributed by atoms with E-state index in [1.54, 1.807) is 18.2 Å². The number of nitrogens with zero attached hydrogens (tertiary/aromatic N) is 3. The molecule has 0 radical (unpaired) electrons. The average molecular weight is 403 g/mol. The van der Waals surface area contributed by atoms with Crippen molar-refractivity contribution in [2.75, 3.05) is 0 Å². The van der Waals surface area contributed by atoms with Gasteiger partial charge in [-0.2, -0.15) is 0 Å². The van der Waals surface area contributed by atoms with E-state index in [0.717, 1.165) is 0 Å². The van der Waals surface area contributed by atoms with Crippen molar-refractivity contribution in [2.45, 2.75) is 77.4 Å². The Labute approximate surface area is 159 Å². The first-order chi connectivity index (χ1) is 12.1. The van der Waals surface area contributed by atoms with E-state index in [1.807, 2.05) is 6.92 Å². The summed E-state index contributed by atoms with van der Waals surface area (Å²) >= 11 is 0. The summed E-state index contributed by atoms with van der Waals surface area (Å²) in [6.07, 6.45) is -6.84. The van der Waals surface area contributed by atoms with Gasteiger partial charge in [-0.05, 0) is 0 Å². The number of alkyl halides is 3. The van der Waals surface area contributed by atoms with Crippen LogP contribution in [0.1, 0.15) is 58.1 Å². The Kier molecular flexibility index (Phi) is 6.90. The van der Waals surface area contributed by atoms with Crippen molar-refractivity contribution in [3.63, 3.8) is 0 Å². The third-order valence-electron chi connectivity index (χ3n) is 5.35. The van der Waals surface area contributed by atoms with Crippen molar-refractivity contribution >= 4 is 8.32 Å². The second-order valence-electron chi connectivity index (χ2n) is 8.71. The molecule has 0 fully saturated rings. The molecule has 1 heterocycles. The summed E-state index contributed by atoms with van der Waals surface area (Å²) in [5.41, 5.74) is -1.53. The van der Waals surface area contributed by atoms with Crippen LogP contribution in [0, 0.1) is 28.1 Å². The standard InChI is InChI=1S/C18H27F3N3O2Si/c1-13(26-27(5,6)16(2,3)4)15-9-14(24-25-15)10-17(11-22,12-23)7-8-18(19,20)21/h9,13,27H,7-8,10H2,1-6H3/q-1. The van der Waals surface area contributed by atoms with Gasteiger partial charge in [-0.25, -0.2) is 0 Å². The Morgan fingerprint density at radius 3 is 2.19 bits per heavy atom. The van der Waals surface area contributed by atoms with Gasteiger partial charge in [0.15, 0.2) is 0 Å². The van der Waals surface area contributed by atoms with Crippen LogP contribution in [0.25, 0.3) is 0 Å². The molecule has 0 aromatic carbocycles. The predicted molar refractivity (Wildman–Crippen MR) is 97.2 cm³/mol. The molecule has 1 atom stereocenters. The Morgan fingerprint density at radius 2 is 1.74 bits per heavy atom. The fraction of sp³-hybridized carbons (Fsp3) is 0.722. The number of halogens is 3. The molecule has 0 amide bonds. The Bertz CT molecular complexity index is 710. The first-order valence-electron chi connectivity index (χ1n) is 8.90. The normalized spacial score (nSPS) is 15.1. The average Bonchev–Trinajstić information content (AvgIpc) is 2.97. The van der Waals surface area contributed by atoms with Crippen molar-refractivity contribution in [3.05, 3.63) is 17.5 Å². The SMILES string of the molecule is CC(O[SiH-](C)(C)C(C)(C)C)c1cc(CC(C#N)(C#N)CCC(F)(F)F)no1. The molecular formula is C18H27F3N3O2Si-. The van der Waals surface area contributed by atoms with Gasteiger partial charge in [0.05, 0.1) is 0 Å². The van der Waals surface area contributed by atoms with Gasteiger partial charge < -0.3 is 0 Å². The number of hydrogen-bond acceptors (Lipinski definition) is 5. The summed E-state index contributed by atoms with van der Waals surface area (Å²) in [5.74, 6) is 0.433. The molecule has 152 valence electrons. The van der Waals surface area contributed by atoms with E-state index in [1.165, 1.54) is 0 Å². The molecule has 0 aliphatic rings. The monoisotopic (exact) mass is 402 g/mol. The molecule has 5 nitrogen and oxygen atoms in total. The van der Waals surface area contributed by atoms with Crippen LogP contribution in [0.3, 0.4) is 0 Å². The summed E-state index contributed by atoms with van der Waals surface area (Å²) in [4.78, 5) is 0. The first-order valence-corrected chi connectivity index (χ1v) is 12.3. The van der Waals surface area contributed by atoms with E-state index in [9.17, 15) is 23.7 Å². The quantitative estimate of drug-likeness (QED) is 0.570. The minimum absolute atomic E-state index is 0.0263. The van der Waals surface area contributed by atoms with Gasteiger partial charge in [0.25, 0.3) is 0 Å². The summed E-state index contributed by atoms with van der Waals surface area (Å²) in [7, 11) is -2.37. The van der Waals surface area contributed by atoms with Crippen LogP contribution < -0.4 is 0 Å². The van der Waals surface area contributed by atoms with Crippen LogP contribution in [0.2, 0.25) is 18.1 Å². The van der Waals surface area contributed by atoms with Crippen molar-refractivity contribution in [1.29, 1.82) is 10.5 Å². The van der Waals surface area contributed by atoms with Crippen LogP contribution in [0.15, 0.2) is 10.6 Å². The van der Waals surface area contributed by atoms with E-state index >= 15 is 0 Å². The van der Waals surface area contributed by atoms with Gasteiger partial charge in [-0.15, -0.1) is 0 Å². The molecule has 0 saturated carbocycles. The predicted octanol–water partition coefficient (Wildman–Crippen LogP) is 5.41. The molecule has 0 spiro atoms. The molecule has 0 saturated heterocycles. The van der Waals surface area contributed by atoms with E-state index in [2.05, 4.69) is 39.0 Å². The van der Waals surface area contributed by atoms with Gasteiger partial charge in [0.2, 0.25) is 0 Å². The third kappa shape index (κ3) is 6.37. The Hall–Kier alpha value is -1.84. The molecule has 0 aliphatic carbocycles. The number of aromatic nitrogens is 1. The maximum atomic E-state index is 12.5. The Morgan fingerprint density at radius 1 is 1.19 bits per heavy atom. The zero-order valence-corrected chi connectivity index (χ0v) is 17.8. The second-order valence-corrected chi connectivity index (χ2v) is 14.2. The number of nitriles is 2. The van der Waals surface area contributed by atoms with E-state index < -0.39 is 32.8 Å². The third-order valence-corrected chi connectivity index (χ3v) is 10.6. The van der Waals surface area contributed by atoms with Crippen LogP contribution in [0.4, 0.5) is 13.2 Å². The van der Waals surface area contributed by atoms with Gasteiger partial charge in [-0.1, -0.05) is 0 Å². The van der Waals surface area contributed by atoms with Gasteiger partial charge in [0.1, 0.15) is 0 Å². The zero-order chi connectivity index (χ0) is 21.1. The molecule has 1 unspecified atom stereocenters. The topological polar surface area (TPSA) is 82.8 Å². The number of hydrogen-bond donors (Lipinski definition) is 0. The van der Waals surface area contributed by atoms with Crippen LogP contribution in [0.5, 0.6) is 0 Å². The molecule has 0 bridgehead atoms. The van der Waals surface area contributed by atoms with Crippen LogP contribution in [-0.2, 0) is 10.8 Å². The second kappa shape index (κ2) is 8.03. The molecule has 1 rings (SSSR count). The molecule has 0 N–H and O–H groups in total. The summed E-state index contributed by atoms with van der Waals surface area (Å²) in [5, 5.41) is 22.4. The van der Waals surface area contributed by atoms with Crippen LogP contribution in [-0.4, -0.2) is 19.7 Å². The van der Waals surface area contributed by atoms with Crippen molar-refractivity contribution in [2.24, 2.45) is 5.41 Å².